The zero-order valence-electron chi connectivity index (χ0n) is 11.0. The summed E-state index contributed by atoms with van der Waals surface area (Å²) >= 11 is 0. The van der Waals surface area contributed by atoms with Crippen LogP contribution in [0.25, 0.3) is 0 Å². The average Bonchev–Trinajstić information content (AvgIpc) is 2.93. The monoisotopic (exact) mass is 236 g/mol. The smallest absolute Gasteiger partial charge is 0.205 e. The predicted molar refractivity (Wildman–Crippen MR) is 71.4 cm³/mol. The van der Waals surface area contributed by atoms with Crippen LogP contribution in [0.1, 0.15) is 43.8 Å². The minimum atomic E-state index is 0.659. The summed E-state index contributed by atoms with van der Waals surface area (Å²) in [4.78, 5) is 6.89. The van der Waals surface area contributed by atoms with Crippen LogP contribution in [0.2, 0.25) is 0 Å². The molecule has 1 heterocycles. The fraction of sp³-hybridized carbons (Fsp3) is 0.769. The molecule has 0 aliphatic heterocycles. The van der Waals surface area contributed by atoms with Crippen LogP contribution in [0.15, 0.2) is 6.20 Å². The Morgan fingerprint density at radius 1 is 1.47 bits per heavy atom. The summed E-state index contributed by atoms with van der Waals surface area (Å²) in [5.74, 6) is 1.11. The van der Waals surface area contributed by atoms with Gasteiger partial charge in [-0.3, -0.25) is 0 Å². The predicted octanol–water partition coefficient (Wildman–Crippen LogP) is 2.09. The topological polar surface area (TPSA) is 47.1 Å². The molecule has 1 aliphatic rings. The fourth-order valence-corrected chi connectivity index (χ4v) is 2.67. The number of hydrogen-bond acceptors (Lipinski definition) is 3. The average molecular weight is 236 g/mol. The van der Waals surface area contributed by atoms with Gasteiger partial charge in [0, 0.05) is 25.8 Å². The Hall–Kier alpha value is -1.03. The first-order chi connectivity index (χ1) is 8.22. The van der Waals surface area contributed by atoms with E-state index in [1.165, 1.54) is 25.7 Å². The van der Waals surface area contributed by atoms with E-state index >= 15 is 0 Å². The second kappa shape index (κ2) is 5.54. The maximum Gasteiger partial charge on any atom is 0.205 e. The molecule has 2 N–H and O–H groups in total. The SMILES string of the molecule is Cc1cn(C2CCCC2)c(N(C)CCCN)n1. The van der Waals surface area contributed by atoms with Gasteiger partial charge >= 0.3 is 0 Å². The van der Waals surface area contributed by atoms with Crippen LogP contribution < -0.4 is 10.6 Å². The summed E-state index contributed by atoms with van der Waals surface area (Å²) in [5.41, 5.74) is 6.68. The first kappa shape index (κ1) is 12.4. The molecule has 0 spiro atoms. The van der Waals surface area contributed by atoms with Gasteiger partial charge in [-0.05, 0) is 32.7 Å². The van der Waals surface area contributed by atoms with E-state index in [4.69, 9.17) is 5.73 Å². The summed E-state index contributed by atoms with van der Waals surface area (Å²) < 4.78 is 2.37. The number of imidazole rings is 1. The summed E-state index contributed by atoms with van der Waals surface area (Å²) in [6, 6.07) is 0.659. The van der Waals surface area contributed by atoms with E-state index in [-0.39, 0.29) is 0 Å². The molecule has 0 amide bonds. The molecule has 1 saturated carbocycles. The third-order valence-electron chi connectivity index (χ3n) is 3.59. The van der Waals surface area contributed by atoms with E-state index in [0.29, 0.717) is 6.04 Å². The van der Waals surface area contributed by atoms with Crippen molar-refractivity contribution in [2.45, 2.75) is 45.1 Å². The van der Waals surface area contributed by atoms with Gasteiger partial charge in [0.15, 0.2) is 0 Å². The highest BCUT2D eigenvalue weighted by molar-refractivity contribution is 5.33. The molecule has 1 aliphatic carbocycles. The minimum absolute atomic E-state index is 0.659. The van der Waals surface area contributed by atoms with Gasteiger partial charge in [-0.2, -0.15) is 0 Å². The van der Waals surface area contributed by atoms with Crippen LogP contribution in [-0.4, -0.2) is 29.7 Å². The van der Waals surface area contributed by atoms with Gasteiger partial charge in [-0.15, -0.1) is 0 Å². The van der Waals surface area contributed by atoms with Crippen molar-refractivity contribution in [3.8, 4) is 0 Å². The van der Waals surface area contributed by atoms with Crippen molar-refractivity contribution < 1.29 is 0 Å². The lowest BCUT2D eigenvalue weighted by Gasteiger charge is -2.22. The fourth-order valence-electron chi connectivity index (χ4n) is 2.67. The van der Waals surface area contributed by atoms with Crippen LogP contribution in [0.5, 0.6) is 0 Å². The van der Waals surface area contributed by atoms with Gasteiger partial charge in [0.05, 0.1) is 5.69 Å². The maximum atomic E-state index is 5.57. The van der Waals surface area contributed by atoms with Gasteiger partial charge in [0.1, 0.15) is 0 Å². The normalized spacial score (nSPS) is 16.6. The molecule has 0 bridgehead atoms. The second-order valence-corrected chi connectivity index (χ2v) is 5.09. The number of nitrogens with zero attached hydrogens (tertiary/aromatic N) is 3. The highest BCUT2D eigenvalue weighted by Crippen LogP contribution is 2.32. The Kier molecular flexibility index (Phi) is 4.05. The summed E-state index contributed by atoms with van der Waals surface area (Å²) in [5, 5.41) is 0. The number of aryl methyl sites for hydroxylation is 1. The van der Waals surface area contributed by atoms with Gasteiger partial charge in [0.25, 0.3) is 0 Å². The third kappa shape index (κ3) is 2.80. The molecule has 0 unspecified atom stereocenters. The summed E-state index contributed by atoms with van der Waals surface area (Å²) in [6.07, 6.45) is 8.53. The van der Waals surface area contributed by atoms with E-state index in [1.807, 2.05) is 0 Å². The highest BCUT2D eigenvalue weighted by Gasteiger charge is 2.21. The lowest BCUT2D eigenvalue weighted by molar-refractivity contribution is 0.514. The zero-order valence-corrected chi connectivity index (χ0v) is 11.0. The molecular weight excluding hydrogens is 212 g/mol. The van der Waals surface area contributed by atoms with E-state index in [9.17, 15) is 0 Å². The lowest BCUT2D eigenvalue weighted by atomic mass is 10.2. The van der Waals surface area contributed by atoms with E-state index in [1.54, 1.807) is 0 Å². The molecule has 4 nitrogen and oxygen atoms in total. The summed E-state index contributed by atoms with van der Waals surface area (Å²) in [7, 11) is 2.11. The van der Waals surface area contributed by atoms with Crippen LogP contribution in [0.3, 0.4) is 0 Å². The molecule has 1 aromatic heterocycles. The molecule has 0 radical (unpaired) electrons. The van der Waals surface area contributed by atoms with Crippen LogP contribution in [0.4, 0.5) is 5.95 Å². The van der Waals surface area contributed by atoms with Crippen molar-refractivity contribution in [2.24, 2.45) is 5.73 Å². The molecule has 0 aromatic carbocycles. The first-order valence-electron chi connectivity index (χ1n) is 6.69. The van der Waals surface area contributed by atoms with E-state index in [0.717, 1.165) is 31.2 Å². The Balaban J connectivity index is 2.14. The van der Waals surface area contributed by atoms with Crippen molar-refractivity contribution in [1.82, 2.24) is 9.55 Å². The molecule has 1 fully saturated rings. The van der Waals surface area contributed by atoms with Crippen molar-refractivity contribution in [2.75, 3.05) is 25.0 Å². The Morgan fingerprint density at radius 3 is 2.82 bits per heavy atom. The molecule has 2 rings (SSSR count). The van der Waals surface area contributed by atoms with Crippen LogP contribution in [0, 0.1) is 6.92 Å². The van der Waals surface area contributed by atoms with Crippen LogP contribution in [-0.2, 0) is 0 Å². The van der Waals surface area contributed by atoms with Gasteiger partial charge in [-0.25, -0.2) is 4.98 Å². The second-order valence-electron chi connectivity index (χ2n) is 5.09. The Bertz CT molecular complexity index is 352. The zero-order chi connectivity index (χ0) is 12.3. The molecule has 17 heavy (non-hydrogen) atoms. The van der Waals surface area contributed by atoms with E-state index < -0.39 is 0 Å². The molecular formula is C13H24N4. The van der Waals surface area contributed by atoms with Crippen molar-refractivity contribution in [3.63, 3.8) is 0 Å². The largest absolute Gasteiger partial charge is 0.345 e. The van der Waals surface area contributed by atoms with Crippen LogP contribution >= 0.6 is 0 Å². The van der Waals surface area contributed by atoms with Gasteiger partial charge < -0.3 is 15.2 Å². The number of nitrogens with two attached hydrogens (primary N) is 1. The number of aromatic nitrogens is 2. The van der Waals surface area contributed by atoms with E-state index in [2.05, 4.69) is 34.6 Å². The number of rotatable bonds is 5. The van der Waals surface area contributed by atoms with Crippen molar-refractivity contribution in [3.05, 3.63) is 11.9 Å². The first-order valence-corrected chi connectivity index (χ1v) is 6.69. The standard InChI is InChI=1S/C13H24N4/c1-11-10-17(12-6-3-4-7-12)13(15-11)16(2)9-5-8-14/h10,12H,3-9,14H2,1-2H3. The van der Waals surface area contributed by atoms with Gasteiger partial charge in [-0.1, -0.05) is 12.8 Å². The molecule has 4 heteroatoms. The summed E-state index contributed by atoms with van der Waals surface area (Å²) in [6.45, 7) is 3.80. The lowest BCUT2D eigenvalue weighted by Crippen LogP contribution is -2.25. The van der Waals surface area contributed by atoms with Crippen molar-refractivity contribution in [1.29, 1.82) is 0 Å². The molecule has 96 valence electrons. The minimum Gasteiger partial charge on any atom is -0.345 e. The molecule has 0 saturated heterocycles. The number of anilines is 1. The number of hydrogen-bond donors (Lipinski definition) is 1. The third-order valence-corrected chi connectivity index (χ3v) is 3.59. The van der Waals surface area contributed by atoms with Crippen molar-refractivity contribution >= 4 is 5.95 Å². The van der Waals surface area contributed by atoms with Gasteiger partial charge in [0.2, 0.25) is 5.95 Å². The maximum absolute atomic E-state index is 5.57. The highest BCUT2D eigenvalue weighted by atomic mass is 15.3. The molecule has 0 atom stereocenters. The quantitative estimate of drug-likeness (QED) is 0.851. The Morgan fingerprint density at radius 2 is 2.18 bits per heavy atom. The molecule has 1 aromatic rings. The Labute approximate surface area is 104 Å².